The lowest BCUT2D eigenvalue weighted by atomic mass is 10.4. The van der Waals surface area contributed by atoms with Gasteiger partial charge in [0.05, 0.1) is 18.4 Å². The fraction of sp³-hybridized carbons (Fsp3) is 0.438. The van der Waals surface area contributed by atoms with Crippen molar-refractivity contribution in [3.8, 4) is 5.75 Å². The highest BCUT2D eigenvalue weighted by atomic mass is 127. The van der Waals surface area contributed by atoms with E-state index >= 15 is 0 Å². The van der Waals surface area contributed by atoms with Crippen molar-refractivity contribution in [1.29, 1.82) is 0 Å². The van der Waals surface area contributed by atoms with Crippen molar-refractivity contribution in [3.05, 3.63) is 41.9 Å². The summed E-state index contributed by atoms with van der Waals surface area (Å²) >= 11 is 0. The highest BCUT2D eigenvalue weighted by Gasteiger charge is 2.05. The zero-order chi connectivity index (χ0) is 16.5. The van der Waals surface area contributed by atoms with Crippen LogP contribution in [0, 0.1) is 13.8 Å². The Morgan fingerprint density at radius 2 is 2.17 bits per heavy atom. The molecule has 0 aliphatic heterocycles. The summed E-state index contributed by atoms with van der Waals surface area (Å²) < 4.78 is 11.1. The number of aliphatic imine (C=N–C) groups is 1. The molecule has 2 aromatic heterocycles. The van der Waals surface area contributed by atoms with Gasteiger partial charge in [-0.1, -0.05) is 0 Å². The van der Waals surface area contributed by atoms with Crippen LogP contribution in [-0.4, -0.2) is 35.6 Å². The second-order valence-corrected chi connectivity index (χ2v) is 4.91. The maximum Gasteiger partial charge on any atom is 0.216 e. The number of hydrogen-bond donors (Lipinski definition) is 2. The Hall–Kier alpha value is -1.84. The van der Waals surface area contributed by atoms with Crippen molar-refractivity contribution in [2.75, 3.05) is 19.7 Å². The van der Waals surface area contributed by atoms with Gasteiger partial charge in [-0.2, -0.15) is 0 Å². The van der Waals surface area contributed by atoms with Gasteiger partial charge in [0.1, 0.15) is 24.7 Å². The number of aromatic nitrogens is 2. The van der Waals surface area contributed by atoms with E-state index in [-0.39, 0.29) is 24.0 Å². The number of hydrogen-bond acceptors (Lipinski definition) is 5. The van der Waals surface area contributed by atoms with Gasteiger partial charge in [-0.25, -0.2) is 9.98 Å². The van der Waals surface area contributed by atoms with E-state index in [0.717, 1.165) is 23.7 Å². The van der Waals surface area contributed by atoms with Crippen LogP contribution in [0.5, 0.6) is 5.75 Å². The van der Waals surface area contributed by atoms with Crippen LogP contribution in [-0.2, 0) is 6.54 Å². The minimum Gasteiger partial charge on any atom is -0.490 e. The largest absolute Gasteiger partial charge is 0.490 e. The Morgan fingerprint density at radius 1 is 1.33 bits per heavy atom. The molecule has 0 saturated heterocycles. The summed E-state index contributed by atoms with van der Waals surface area (Å²) in [6.45, 7) is 8.16. The van der Waals surface area contributed by atoms with Crippen LogP contribution in [0.2, 0.25) is 0 Å². The van der Waals surface area contributed by atoms with Crippen LogP contribution in [0.15, 0.2) is 33.9 Å². The second kappa shape index (κ2) is 10.8. The summed E-state index contributed by atoms with van der Waals surface area (Å²) in [7, 11) is 0. The van der Waals surface area contributed by atoms with Crippen LogP contribution in [0.4, 0.5) is 0 Å². The number of ether oxygens (including phenoxy) is 1. The number of rotatable bonds is 7. The lowest BCUT2D eigenvalue weighted by molar-refractivity contribution is 0.320. The SMILES string of the molecule is CCNC(=NCc1nc(C)c(C)o1)NCCOc1cccnc1.I. The van der Waals surface area contributed by atoms with E-state index in [9.17, 15) is 0 Å². The molecule has 0 amide bonds. The third kappa shape index (κ3) is 6.73. The number of aryl methyl sites for hydroxylation is 2. The number of nitrogens with one attached hydrogen (secondary N) is 2. The summed E-state index contributed by atoms with van der Waals surface area (Å²) in [4.78, 5) is 12.8. The number of halogens is 1. The van der Waals surface area contributed by atoms with Crippen LogP contribution < -0.4 is 15.4 Å². The average Bonchev–Trinajstić information content (AvgIpc) is 2.88. The lowest BCUT2D eigenvalue weighted by Crippen LogP contribution is -2.39. The summed E-state index contributed by atoms with van der Waals surface area (Å²) in [6.07, 6.45) is 3.40. The zero-order valence-corrected chi connectivity index (χ0v) is 16.5. The zero-order valence-electron chi connectivity index (χ0n) is 14.2. The Balaban J connectivity index is 0.00000288. The minimum atomic E-state index is 0. The number of guanidine groups is 1. The molecule has 0 fully saturated rings. The van der Waals surface area contributed by atoms with Crippen LogP contribution in [0.3, 0.4) is 0 Å². The normalized spacial score (nSPS) is 10.9. The Labute approximate surface area is 159 Å². The molecule has 0 bridgehead atoms. The molecule has 2 heterocycles. The molecule has 8 heteroatoms. The molecule has 0 aliphatic rings. The molecule has 2 aromatic rings. The number of pyridine rings is 1. The van der Waals surface area contributed by atoms with Gasteiger partial charge >= 0.3 is 0 Å². The summed E-state index contributed by atoms with van der Waals surface area (Å²) in [5.41, 5.74) is 0.901. The van der Waals surface area contributed by atoms with E-state index in [1.807, 2.05) is 32.9 Å². The fourth-order valence-corrected chi connectivity index (χ4v) is 1.87. The van der Waals surface area contributed by atoms with Gasteiger partial charge in [-0.05, 0) is 32.9 Å². The van der Waals surface area contributed by atoms with Gasteiger partial charge in [-0.15, -0.1) is 24.0 Å². The first kappa shape index (κ1) is 20.2. The number of oxazole rings is 1. The van der Waals surface area contributed by atoms with E-state index < -0.39 is 0 Å². The van der Waals surface area contributed by atoms with Gasteiger partial charge < -0.3 is 19.8 Å². The summed E-state index contributed by atoms with van der Waals surface area (Å²) in [5.74, 6) is 2.90. The quantitative estimate of drug-likeness (QED) is 0.295. The lowest BCUT2D eigenvalue weighted by Gasteiger charge is -2.11. The van der Waals surface area contributed by atoms with Gasteiger partial charge in [0.15, 0.2) is 5.96 Å². The molecule has 2 rings (SSSR count). The number of nitrogens with zero attached hydrogens (tertiary/aromatic N) is 3. The van der Waals surface area contributed by atoms with E-state index in [0.29, 0.717) is 31.5 Å². The molecule has 0 radical (unpaired) electrons. The van der Waals surface area contributed by atoms with E-state index in [2.05, 4.69) is 25.6 Å². The maximum absolute atomic E-state index is 5.58. The smallest absolute Gasteiger partial charge is 0.216 e. The molecule has 0 unspecified atom stereocenters. The van der Waals surface area contributed by atoms with E-state index in [1.54, 1.807) is 12.4 Å². The van der Waals surface area contributed by atoms with Crippen LogP contribution >= 0.6 is 24.0 Å². The monoisotopic (exact) mass is 445 g/mol. The van der Waals surface area contributed by atoms with Crippen molar-refractivity contribution < 1.29 is 9.15 Å². The minimum absolute atomic E-state index is 0. The van der Waals surface area contributed by atoms with Gasteiger partial charge in [0.25, 0.3) is 0 Å². The average molecular weight is 445 g/mol. The maximum atomic E-state index is 5.58. The first-order chi connectivity index (χ1) is 11.2. The second-order valence-electron chi connectivity index (χ2n) is 4.91. The standard InChI is InChI=1S/C16H23N5O2.HI/c1-4-18-16(20-11-15-21-12(2)13(3)23-15)19-8-9-22-14-6-5-7-17-10-14;/h5-7,10H,4,8-9,11H2,1-3H3,(H2,18,19,20);1H. The van der Waals surface area contributed by atoms with Crippen molar-refractivity contribution in [2.24, 2.45) is 4.99 Å². The molecular formula is C16H24IN5O2. The predicted molar refractivity (Wildman–Crippen MR) is 104 cm³/mol. The highest BCUT2D eigenvalue weighted by Crippen LogP contribution is 2.09. The van der Waals surface area contributed by atoms with Crippen molar-refractivity contribution in [2.45, 2.75) is 27.3 Å². The van der Waals surface area contributed by atoms with Crippen LogP contribution in [0.25, 0.3) is 0 Å². The molecule has 24 heavy (non-hydrogen) atoms. The molecular weight excluding hydrogens is 421 g/mol. The van der Waals surface area contributed by atoms with Gasteiger partial charge in [0, 0.05) is 12.7 Å². The first-order valence-corrected chi connectivity index (χ1v) is 7.67. The van der Waals surface area contributed by atoms with Crippen molar-refractivity contribution in [3.63, 3.8) is 0 Å². The molecule has 0 spiro atoms. The molecule has 0 aliphatic carbocycles. The molecule has 0 saturated carbocycles. The predicted octanol–water partition coefficient (Wildman–Crippen LogP) is 2.44. The molecule has 7 nitrogen and oxygen atoms in total. The Morgan fingerprint density at radius 3 is 2.79 bits per heavy atom. The molecule has 132 valence electrons. The Bertz CT molecular complexity index is 611. The molecule has 0 aromatic carbocycles. The first-order valence-electron chi connectivity index (χ1n) is 7.67. The van der Waals surface area contributed by atoms with Crippen LogP contribution in [0.1, 0.15) is 24.3 Å². The van der Waals surface area contributed by atoms with Crippen molar-refractivity contribution >= 4 is 29.9 Å². The molecule has 2 N–H and O–H groups in total. The third-order valence-corrected chi connectivity index (χ3v) is 3.09. The van der Waals surface area contributed by atoms with E-state index in [1.165, 1.54) is 0 Å². The summed E-state index contributed by atoms with van der Waals surface area (Å²) in [6, 6.07) is 3.72. The molecule has 0 atom stereocenters. The van der Waals surface area contributed by atoms with E-state index in [4.69, 9.17) is 9.15 Å². The van der Waals surface area contributed by atoms with Gasteiger partial charge in [-0.3, -0.25) is 4.98 Å². The fourth-order valence-electron chi connectivity index (χ4n) is 1.87. The summed E-state index contributed by atoms with van der Waals surface area (Å²) in [5, 5.41) is 6.38. The highest BCUT2D eigenvalue weighted by molar-refractivity contribution is 14.0. The Kier molecular flexibility index (Phi) is 9.13. The third-order valence-electron chi connectivity index (χ3n) is 3.09. The van der Waals surface area contributed by atoms with Crippen molar-refractivity contribution in [1.82, 2.24) is 20.6 Å². The topological polar surface area (TPSA) is 84.6 Å². The van der Waals surface area contributed by atoms with Gasteiger partial charge in [0.2, 0.25) is 5.89 Å².